The maximum atomic E-state index is 6.56. The van der Waals surface area contributed by atoms with Gasteiger partial charge in [-0.25, -0.2) is 0 Å². The van der Waals surface area contributed by atoms with Crippen molar-refractivity contribution < 1.29 is 0 Å². The molecule has 0 bridgehead atoms. The van der Waals surface area contributed by atoms with Crippen molar-refractivity contribution in [1.82, 2.24) is 9.78 Å². The maximum Gasteiger partial charge on any atom is 0.0624 e. The van der Waals surface area contributed by atoms with Crippen LogP contribution in [-0.4, -0.2) is 15.8 Å². The Morgan fingerprint density at radius 1 is 1.30 bits per heavy atom. The normalized spacial score (nSPS) is 17.9. The molecule has 3 heteroatoms. The van der Waals surface area contributed by atoms with E-state index in [9.17, 15) is 0 Å². The Morgan fingerprint density at radius 2 is 2.00 bits per heavy atom. The molecule has 3 nitrogen and oxygen atoms in total. The molecule has 1 saturated carbocycles. The van der Waals surface area contributed by atoms with Crippen LogP contribution in [-0.2, 0) is 25.3 Å². The van der Waals surface area contributed by atoms with E-state index in [0.29, 0.717) is 0 Å². The number of rotatable bonds is 5. The van der Waals surface area contributed by atoms with Crippen molar-refractivity contribution in [2.75, 3.05) is 0 Å². The summed E-state index contributed by atoms with van der Waals surface area (Å²) in [6.07, 6.45) is 4.29. The van der Waals surface area contributed by atoms with Crippen LogP contribution in [0, 0.1) is 0 Å². The fourth-order valence-electron chi connectivity index (χ4n) is 3.13. The van der Waals surface area contributed by atoms with E-state index < -0.39 is 0 Å². The molecule has 2 aromatic rings. The maximum absolute atomic E-state index is 6.56. The van der Waals surface area contributed by atoms with Crippen molar-refractivity contribution in [1.29, 1.82) is 0 Å². The van der Waals surface area contributed by atoms with Gasteiger partial charge in [-0.05, 0) is 30.9 Å². The summed E-state index contributed by atoms with van der Waals surface area (Å²) in [6.45, 7) is 2.14. The molecule has 2 N–H and O–H groups in total. The second kappa shape index (κ2) is 5.06. The summed E-state index contributed by atoms with van der Waals surface area (Å²) in [7, 11) is 2.02. The number of benzene rings is 1. The van der Waals surface area contributed by atoms with Gasteiger partial charge >= 0.3 is 0 Å². The number of aromatic nitrogens is 2. The first kappa shape index (κ1) is 13.4. The zero-order valence-electron chi connectivity index (χ0n) is 12.3. The summed E-state index contributed by atoms with van der Waals surface area (Å²) >= 11 is 0. The molecule has 0 saturated heterocycles. The molecule has 1 fully saturated rings. The fraction of sp³-hybridized carbons (Fsp3) is 0.471. The van der Waals surface area contributed by atoms with Gasteiger partial charge in [-0.2, -0.15) is 5.10 Å². The molecule has 1 aromatic carbocycles. The largest absolute Gasteiger partial charge is 0.327 e. The Morgan fingerprint density at radius 3 is 2.55 bits per heavy atom. The number of nitrogens with zero attached hydrogens (tertiary/aromatic N) is 2. The van der Waals surface area contributed by atoms with E-state index in [4.69, 9.17) is 5.73 Å². The van der Waals surface area contributed by atoms with E-state index in [-0.39, 0.29) is 11.5 Å². The van der Waals surface area contributed by atoms with Crippen LogP contribution >= 0.6 is 0 Å². The zero-order valence-corrected chi connectivity index (χ0v) is 12.3. The quantitative estimate of drug-likeness (QED) is 0.906. The van der Waals surface area contributed by atoms with E-state index in [1.165, 1.54) is 24.1 Å². The lowest BCUT2D eigenvalue weighted by molar-refractivity contribution is 0.498. The molecule has 0 aliphatic heterocycles. The highest BCUT2D eigenvalue weighted by atomic mass is 15.3. The molecule has 1 atom stereocenters. The molecular formula is C17H23N3. The highest BCUT2D eigenvalue weighted by Crippen LogP contribution is 2.50. The molecule has 1 aromatic heterocycles. The standard InChI is InChI=1S/C17H23N3/c1-3-14-11-15(20(2)19-14)12-16(18)17(9-10-17)13-7-5-4-6-8-13/h4-8,11,16H,3,9-10,12,18H2,1-2H3. The molecule has 0 spiro atoms. The van der Waals surface area contributed by atoms with Crippen LogP contribution in [0.4, 0.5) is 0 Å². The number of hydrogen-bond donors (Lipinski definition) is 1. The highest BCUT2D eigenvalue weighted by molar-refractivity contribution is 5.34. The summed E-state index contributed by atoms with van der Waals surface area (Å²) in [5, 5.41) is 4.52. The van der Waals surface area contributed by atoms with Gasteiger partial charge in [0.2, 0.25) is 0 Å². The summed E-state index contributed by atoms with van der Waals surface area (Å²) in [5.41, 5.74) is 10.5. The van der Waals surface area contributed by atoms with E-state index in [2.05, 4.69) is 48.4 Å². The van der Waals surface area contributed by atoms with Crippen LogP contribution < -0.4 is 5.73 Å². The molecule has 1 aliphatic rings. The van der Waals surface area contributed by atoms with Crippen molar-refractivity contribution in [3.63, 3.8) is 0 Å². The van der Waals surface area contributed by atoms with Gasteiger partial charge in [-0.1, -0.05) is 37.3 Å². The fourth-order valence-corrected chi connectivity index (χ4v) is 3.13. The van der Waals surface area contributed by atoms with Gasteiger partial charge in [0.15, 0.2) is 0 Å². The van der Waals surface area contributed by atoms with E-state index in [1.54, 1.807) is 0 Å². The summed E-state index contributed by atoms with van der Waals surface area (Å²) < 4.78 is 1.99. The van der Waals surface area contributed by atoms with Gasteiger partial charge in [0.05, 0.1) is 5.69 Å². The first-order valence-corrected chi connectivity index (χ1v) is 7.48. The molecule has 106 valence electrons. The minimum atomic E-state index is 0.171. The smallest absolute Gasteiger partial charge is 0.0624 e. The van der Waals surface area contributed by atoms with Gasteiger partial charge in [-0.3, -0.25) is 4.68 Å². The van der Waals surface area contributed by atoms with Crippen LogP contribution in [0.15, 0.2) is 36.4 Å². The van der Waals surface area contributed by atoms with E-state index in [0.717, 1.165) is 18.5 Å². The summed E-state index contributed by atoms with van der Waals surface area (Å²) in [5.74, 6) is 0. The molecule has 1 aliphatic carbocycles. The lowest BCUT2D eigenvalue weighted by Crippen LogP contribution is -2.37. The average molecular weight is 269 g/mol. The van der Waals surface area contributed by atoms with Crippen molar-refractivity contribution in [2.45, 2.75) is 44.1 Å². The number of hydrogen-bond acceptors (Lipinski definition) is 2. The van der Waals surface area contributed by atoms with Gasteiger partial charge in [0, 0.05) is 30.6 Å². The molecule has 3 rings (SSSR count). The second-order valence-corrected chi connectivity index (χ2v) is 5.94. The molecule has 1 heterocycles. The minimum absolute atomic E-state index is 0.171. The SMILES string of the molecule is CCc1cc(CC(N)C2(c3ccccc3)CC2)n(C)n1. The van der Waals surface area contributed by atoms with E-state index >= 15 is 0 Å². The van der Waals surface area contributed by atoms with Crippen LogP contribution in [0.1, 0.15) is 36.7 Å². The third-order valence-corrected chi connectivity index (χ3v) is 4.67. The lowest BCUT2D eigenvalue weighted by atomic mass is 9.86. The van der Waals surface area contributed by atoms with Gasteiger partial charge < -0.3 is 5.73 Å². The van der Waals surface area contributed by atoms with Crippen LogP contribution in [0.2, 0.25) is 0 Å². The van der Waals surface area contributed by atoms with E-state index in [1.807, 2.05) is 11.7 Å². The molecular weight excluding hydrogens is 246 g/mol. The van der Waals surface area contributed by atoms with Crippen molar-refractivity contribution in [2.24, 2.45) is 12.8 Å². The molecule has 1 unspecified atom stereocenters. The van der Waals surface area contributed by atoms with Gasteiger partial charge in [0.25, 0.3) is 0 Å². The second-order valence-electron chi connectivity index (χ2n) is 5.94. The van der Waals surface area contributed by atoms with Crippen molar-refractivity contribution in [3.8, 4) is 0 Å². The van der Waals surface area contributed by atoms with Crippen LogP contribution in [0.5, 0.6) is 0 Å². The Hall–Kier alpha value is -1.61. The third-order valence-electron chi connectivity index (χ3n) is 4.67. The van der Waals surface area contributed by atoms with Crippen molar-refractivity contribution in [3.05, 3.63) is 53.3 Å². The predicted molar refractivity (Wildman–Crippen MR) is 81.6 cm³/mol. The Bertz CT molecular complexity index is 582. The lowest BCUT2D eigenvalue weighted by Gasteiger charge is -2.24. The Kier molecular flexibility index (Phi) is 3.38. The molecule has 0 amide bonds. The molecule has 0 radical (unpaired) electrons. The molecule has 20 heavy (non-hydrogen) atoms. The van der Waals surface area contributed by atoms with Crippen molar-refractivity contribution >= 4 is 0 Å². The number of aryl methyl sites for hydroxylation is 2. The topological polar surface area (TPSA) is 43.8 Å². The Labute approximate surface area is 120 Å². The Balaban J connectivity index is 1.79. The zero-order chi connectivity index (χ0) is 14.2. The monoisotopic (exact) mass is 269 g/mol. The first-order valence-electron chi connectivity index (χ1n) is 7.48. The minimum Gasteiger partial charge on any atom is -0.327 e. The van der Waals surface area contributed by atoms with Crippen LogP contribution in [0.25, 0.3) is 0 Å². The average Bonchev–Trinajstić information content (AvgIpc) is 3.21. The van der Waals surface area contributed by atoms with Crippen LogP contribution in [0.3, 0.4) is 0 Å². The third kappa shape index (κ3) is 2.27. The number of nitrogens with two attached hydrogens (primary N) is 1. The first-order chi connectivity index (χ1) is 9.65. The predicted octanol–water partition coefficient (Wildman–Crippen LogP) is 2.58. The highest BCUT2D eigenvalue weighted by Gasteiger charge is 2.49. The van der Waals surface area contributed by atoms with Gasteiger partial charge in [0.1, 0.15) is 0 Å². The summed E-state index contributed by atoms with van der Waals surface area (Å²) in [4.78, 5) is 0. The van der Waals surface area contributed by atoms with Gasteiger partial charge in [-0.15, -0.1) is 0 Å². The summed E-state index contributed by atoms with van der Waals surface area (Å²) in [6, 6.07) is 13.1.